The quantitative estimate of drug-likeness (QED) is 0.782. The van der Waals surface area contributed by atoms with E-state index in [9.17, 15) is 4.39 Å². The third-order valence-corrected chi connectivity index (χ3v) is 3.31. The van der Waals surface area contributed by atoms with Gasteiger partial charge in [0.05, 0.1) is 5.52 Å². The molecule has 0 bridgehead atoms. The van der Waals surface area contributed by atoms with E-state index in [2.05, 4.69) is 15.3 Å². The molecule has 3 aromatic rings. The van der Waals surface area contributed by atoms with Gasteiger partial charge in [-0.1, -0.05) is 29.8 Å². The van der Waals surface area contributed by atoms with Crippen molar-refractivity contribution in [1.82, 2.24) is 9.97 Å². The van der Waals surface area contributed by atoms with Gasteiger partial charge in [0.2, 0.25) is 0 Å². The first-order valence-electron chi connectivity index (χ1n) is 6.95. The topological polar surface area (TPSA) is 37.8 Å². The van der Waals surface area contributed by atoms with Crippen molar-refractivity contribution in [2.45, 2.75) is 13.8 Å². The third-order valence-electron chi connectivity index (χ3n) is 3.31. The number of halogens is 1. The Morgan fingerprint density at radius 2 is 1.81 bits per heavy atom. The zero-order valence-electron chi connectivity index (χ0n) is 12.0. The summed E-state index contributed by atoms with van der Waals surface area (Å²) in [5.74, 6) is 1.04. The zero-order chi connectivity index (χ0) is 14.8. The van der Waals surface area contributed by atoms with Crippen molar-refractivity contribution in [2.75, 3.05) is 11.9 Å². The Hall–Kier alpha value is -2.49. The number of anilines is 1. The lowest BCUT2D eigenvalue weighted by Gasteiger charge is -2.10. The van der Waals surface area contributed by atoms with Crippen LogP contribution in [-0.4, -0.2) is 16.5 Å². The molecule has 0 saturated carbocycles. The van der Waals surface area contributed by atoms with Gasteiger partial charge in [-0.25, -0.2) is 14.4 Å². The highest BCUT2D eigenvalue weighted by molar-refractivity contribution is 5.90. The summed E-state index contributed by atoms with van der Waals surface area (Å²) < 4.78 is 13.5. The maximum Gasteiger partial charge on any atom is 0.162 e. The molecule has 0 aliphatic carbocycles. The van der Waals surface area contributed by atoms with Crippen LogP contribution < -0.4 is 5.32 Å². The van der Waals surface area contributed by atoms with Gasteiger partial charge in [-0.05, 0) is 26.0 Å². The molecule has 0 fully saturated rings. The molecule has 0 amide bonds. The highest BCUT2D eigenvalue weighted by Gasteiger charge is 2.09. The summed E-state index contributed by atoms with van der Waals surface area (Å²) in [5, 5.41) is 4.05. The molecule has 0 saturated heterocycles. The Labute approximate surface area is 122 Å². The predicted molar refractivity (Wildman–Crippen MR) is 83.8 cm³/mol. The van der Waals surface area contributed by atoms with Crippen LogP contribution in [0.3, 0.4) is 0 Å². The van der Waals surface area contributed by atoms with Gasteiger partial charge in [0.25, 0.3) is 0 Å². The summed E-state index contributed by atoms with van der Waals surface area (Å²) in [6.45, 7) is 4.78. The summed E-state index contributed by atoms with van der Waals surface area (Å²) in [5.41, 5.74) is 2.71. The van der Waals surface area contributed by atoms with Crippen LogP contribution in [0, 0.1) is 12.7 Å². The number of hydrogen-bond acceptors (Lipinski definition) is 3. The van der Waals surface area contributed by atoms with Crippen LogP contribution in [0.25, 0.3) is 22.3 Å². The standard InChI is InChI=1S/C17H16FN3/c1-3-19-17-14-9-8-13(18)10-15(14)20-16(21-17)12-6-4-11(2)5-7-12/h4-10H,3H2,1-2H3,(H,19,20,21). The second-order valence-corrected chi connectivity index (χ2v) is 4.95. The number of benzene rings is 2. The molecule has 2 aromatic carbocycles. The fraction of sp³-hybridized carbons (Fsp3) is 0.176. The SMILES string of the molecule is CCNc1nc(-c2ccc(C)cc2)nc2cc(F)ccc12. The van der Waals surface area contributed by atoms with E-state index in [-0.39, 0.29) is 5.82 Å². The molecule has 3 nitrogen and oxygen atoms in total. The first kappa shape index (κ1) is 13.5. The van der Waals surface area contributed by atoms with E-state index in [1.54, 1.807) is 6.07 Å². The number of nitrogens with zero attached hydrogens (tertiary/aromatic N) is 2. The first-order valence-corrected chi connectivity index (χ1v) is 6.95. The molecule has 3 rings (SSSR count). The Balaban J connectivity index is 2.21. The van der Waals surface area contributed by atoms with Crippen LogP contribution in [0.1, 0.15) is 12.5 Å². The van der Waals surface area contributed by atoms with Crippen molar-refractivity contribution < 1.29 is 4.39 Å². The smallest absolute Gasteiger partial charge is 0.162 e. The van der Waals surface area contributed by atoms with Crippen molar-refractivity contribution in [1.29, 1.82) is 0 Å². The summed E-state index contributed by atoms with van der Waals surface area (Å²) in [4.78, 5) is 9.06. The minimum absolute atomic E-state index is 0.293. The highest BCUT2D eigenvalue weighted by Crippen LogP contribution is 2.25. The molecule has 1 heterocycles. The number of fused-ring (bicyclic) bond motifs is 1. The number of hydrogen-bond donors (Lipinski definition) is 1. The number of nitrogens with one attached hydrogen (secondary N) is 1. The van der Waals surface area contributed by atoms with Crippen molar-refractivity contribution in [3.05, 3.63) is 53.8 Å². The summed E-state index contributed by atoms with van der Waals surface area (Å²) in [6, 6.07) is 12.6. The molecular weight excluding hydrogens is 265 g/mol. The normalized spacial score (nSPS) is 10.8. The first-order chi connectivity index (χ1) is 10.2. The zero-order valence-corrected chi connectivity index (χ0v) is 12.0. The van der Waals surface area contributed by atoms with E-state index in [1.807, 2.05) is 38.1 Å². The molecule has 4 heteroatoms. The van der Waals surface area contributed by atoms with Gasteiger partial charge < -0.3 is 5.32 Å². The highest BCUT2D eigenvalue weighted by atomic mass is 19.1. The molecule has 1 aromatic heterocycles. The van der Waals surface area contributed by atoms with Crippen LogP contribution in [0.4, 0.5) is 10.2 Å². The third kappa shape index (κ3) is 2.70. The van der Waals surface area contributed by atoms with Gasteiger partial charge >= 0.3 is 0 Å². The lowest BCUT2D eigenvalue weighted by atomic mass is 10.1. The van der Waals surface area contributed by atoms with Gasteiger partial charge in [0, 0.05) is 23.6 Å². The summed E-state index contributed by atoms with van der Waals surface area (Å²) in [7, 11) is 0. The van der Waals surface area contributed by atoms with Crippen molar-refractivity contribution in [2.24, 2.45) is 0 Å². The fourth-order valence-corrected chi connectivity index (χ4v) is 2.24. The maximum absolute atomic E-state index is 13.5. The molecule has 106 valence electrons. The van der Waals surface area contributed by atoms with Crippen LogP contribution in [0.2, 0.25) is 0 Å². The van der Waals surface area contributed by atoms with Gasteiger partial charge in [-0.2, -0.15) is 0 Å². The molecule has 1 N–H and O–H groups in total. The fourth-order valence-electron chi connectivity index (χ4n) is 2.24. The van der Waals surface area contributed by atoms with E-state index in [4.69, 9.17) is 0 Å². The van der Waals surface area contributed by atoms with Crippen LogP contribution >= 0.6 is 0 Å². The predicted octanol–water partition coefficient (Wildman–Crippen LogP) is 4.18. The molecule has 21 heavy (non-hydrogen) atoms. The monoisotopic (exact) mass is 281 g/mol. The van der Waals surface area contributed by atoms with Gasteiger partial charge in [0.15, 0.2) is 5.82 Å². The minimum atomic E-state index is -0.293. The lowest BCUT2D eigenvalue weighted by Crippen LogP contribution is -2.03. The summed E-state index contributed by atoms with van der Waals surface area (Å²) in [6.07, 6.45) is 0. The van der Waals surface area contributed by atoms with Crippen molar-refractivity contribution >= 4 is 16.7 Å². The molecule has 0 atom stereocenters. The molecule has 0 unspecified atom stereocenters. The summed E-state index contributed by atoms with van der Waals surface area (Å²) >= 11 is 0. The molecule has 0 spiro atoms. The van der Waals surface area contributed by atoms with Gasteiger partial charge in [-0.15, -0.1) is 0 Å². The maximum atomic E-state index is 13.5. The Morgan fingerprint density at radius 1 is 1.05 bits per heavy atom. The number of aryl methyl sites for hydroxylation is 1. The van der Waals surface area contributed by atoms with E-state index in [0.29, 0.717) is 11.3 Å². The second kappa shape index (κ2) is 5.48. The van der Waals surface area contributed by atoms with E-state index in [1.165, 1.54) is 17.7 Å². The Kier molecular flexibility index (Phi) is 3.52. The lowest BCUT2D eigenvalue weighted by molar-refractivity contribution is 0.629. The molecule has 0 aliphatic rings. The van der Waals surface area contributed by atoms with Gasteiger partial charge in [0.1, 0.15) is 11.6 Å². The van der Waals surface area contributed by atoms with Crippen LogP contribution in [0.15, 0.2) is 42.5 Å². The Morgan fingerprint density at radius 3 is 2.52 bits per heavy atom. The van der Waals surface area contributed by atoms with Crippen molar-refractivity contribution in [3.8, 4) is 11.4 Å². The van der Waals surface area contributed by atoms with Crippen molar-refractivity contribution in [3.63, 3.8) is 0 Å². The average molecular weight is 281 g/mol. The number of aromatic nitrogens is 2. The largest absolute Gasteiger partial charge is 0.370 e. The van der Waals surface area contributed by atoms with E-state index < -0.39 is 0 Å². The second-order valence-electron chi connectivity index (χ2n) is 4.95. The average Bonchev–Trinajstić information content (AvgIpc) is 2.47. The van der Waals surface area contributed by atoms with Crippen LogP contribution in [-0.2, 0) is 0 Å². The molecule has 0 aliphatic heterocycles. The minimum Gasteiger partial charge on any atom is -0.370 e. The van der Waals surface area contributed by atoms with Gasteiger partial charge in [-0.3, -0.25) is 0 Å². The van der Waals surface area contributed by atoms with Crippen LogP contribution in [0.5, 0.6) is 0 Å². The van der Waals surface area contributed by atoms with E-state index in [0.717, 1.165) is 23.3 Å². The Bertz CT molecular complexity index is 782. The number of rotatable bonds is 3. The molecule has 0 radical (unpaired) electrons. The molecular formula is C17H16FN3. The van der Waals surface area contributed by atoms with E-state index >= 15 is 0 Å².